The van der Waals surface area contributed by atoms with Gasteiger partial charge >= 0.3 is 5.97 Å². The smallest absolute Gasteiger partial charge is 0.331 e. The maximum atomic E-state index is 10.2. The summed E-state index contributed by atoms with van der Waals surface area (Å²) in [5.41, 5.74) is 0.449. The fourth-order valence-electron chi connectivity index (χ4n) is 0.557. The average molecular weight is 127 g/mol. The monoisotopic (exact) mass is 127 g/mol. The van der Waals surface area contributed by atoms with Crippen LogP contribution in [0.3, 0.4) is 0 Å². The fourth-order valence-corrected chi connectivity index (χ4v) is 0.557. The fraction of sp³-hybridized carbons (Fsp3) is 0.429. The summed E-state index contributed by atoms with van der Waals surface area (Å²) < 4.78 is 0. The highest BCUT2D eigenvalue weighted by Crippen LogP contribution is 2.00. The number of rotatable bonds is 3. The van der Waals surface area contributed by atoms with Crippen molar-refractivity contribution in [2.75, 3.05) is 0 Å². The van der Waals surface area contributed by atoms with E-state index < -0.39 is 5.97 Å². The van der Waals surface area contributed by atoms with Gasteiger partial charge in [0.15, 0.2) is 0 Å². The minimum Gasteiger partial charge on any atom is -0.478 e. The molecule has 0 saturated heterocycles. The van der Waals surface area contributed by atoms with E-state index in [1.165, 1.54) is 0 Å². The number of hydrogen-bond donors (Lipinski definition) is 1. The van der Waals surface area contributed by atoms with Crippen molar-refractivity contribution in [1.82, 2.24) is 0 Å². The van der Waals surface area contributed by atoms with E-state index in [1.807, 2.05) is 6.92 Å². The Morgan fingerprint density at radius 3 is 2.44 bits per heavy atom. The maximum Gasteiger partial charge on any atom is 0.331 e. The zero-order valence-electron chi connectivity index (χ0n) is 5.55. The van der Waals surface area contributed by atoms with Gasteiger partial charge in [-0.05, 0) is 19.8 Å². The van der Waals surface area contributed by atoms with Gasteiger partial charge in [0, 0.05) is 5.57 Å². The van der Waals surface area contributed by atoms with Gasteiger partial charge in [0.1, 0.15) is 0 Å². The molecule has 0 spiro atoms. The lowest BCUT2D eigenvalue weighted by molar-refractivity contribution is -0.132. The lowest BCUT2D eigenvalue weighted by Gasteiger charge is -1.93. The molecule has 2 nitrogen and oxygen atoms in total. The number of aliphatic carboxylic acids is 1. The molecule has 0 aliphatic carbocycles. The van der Waals surface area contributed by atoms with Crippen LogP contribution in [0, 0.1) is 6.92 Å². The molecule has 1 radical (unpaired) electrons. The van der Waals surface area contributed by atoms with Gasteiger partial charge in [0.2, 0.25) is 0 Å². The number of allylic oxidation sites excluding steroid dienone is 1. The molecule has 0 aromatic carbocycles. The van der Waals surface area contributed by atoms with Gasteiger partial charge in [-0.25, -0.2) is 4.79 Å². The Hall–Kier alpha value is -0.790. The first kappa shape index (κ1) is 8.21. The van der Waals surface area contributed by atoms with Crippen LogP contribution in [0.15, 0.2) is 11.6 Å². The third kappa shape index (κ3) is 2.90. The second-order valence-electron chi connectivity index (χ2n) is 1.68. The van der Waals surface area contributed by atoms with Gasteiger partial charge in [0.05, 0.1) is 0 Å². The van der Waals surface area contributed by atoms with Crippen molar-refractivity contribution < 1.29 is 9.90 Å². The standard InChI is InChI=1S/C7H11O2/c1-3-5-6(4-2)7(8)9/h5H,1,3-4H2,2H3,(H,8,9). The summed E-state index contributed by atoms with van der Waals surface area (Å²) in [5, 5.41) is 8.41. The summed E-state index contributed by atoms with van der Waals surface area (Å²) in [6, 6.07) is 0. The maximum absolute atomic E-state index is 10.2. The Morgan fingerprint density at radius 1 is 1.78 bits per heavy atom. The molecule has 9 heavy (non-hydrogen) atoms. The summed E-state index contributed by atoms with van der Waals surface area (Å²) in [6.07, 6.45) is 2.75. The molecule has 0 fully saturated rings. The van der Waals surface area contributed by atoms with Crippen LogP contribution in [0.25, 0.3) is 0 Å². The Kier molecular flexibility index (Phi) is 3.76. The average Bonchev–Trinajstić information content (AvgIpc) is 1.82. The second-order valence-corrected chi connectivity index (χ2v) is 1.68. The lowest BCUT2D eigenvalue weighted by Crippen LogP contribution is -1.98. The number of carboxylic acids is 1. The highest BCUT2D eigenvalue weighted by molar-refractivity contribution is 5.86. The SMILES string of the molecule is [CH2]CC=C(CC)C(=O)O. The van der Waals surface area contributed by atoms with E-state index >= 15 is 0 Å². The van der Waals surface area contributed by atoms with E-state index in [1.54, 1.807) is 6.08 Å². The van der Waals surface area contributed by atoms with E-state index in [0.717, 1.165) is 0 Å². The van der Waals surface area contributed by atoms with Crippen molar-refractivity contribution in [2.45, 2.75) is 19.8 Å². The largest absolute Gasteiger partial charge is 0.478 e. The van der Waals surface area contributed by atoms with Crippen LogP contribution in [0.4, 0.5) is 0 Å². The van der Waals surface area contributed by atoms with E-state index in [2.05, 4.69) is 6.92 Å². The summed E-state index contributed by atoms with van der Waals surface area (Å²) in [4.78, 5) is 10.2. The molecule has 0 aromatic heterocycles. The van der Waals surface area contributed by atoms with E-state index in [9.17, 15) is 4.79 Å². The first-order valence-corrected chi connectivity index (χ1v) is 2.94. The van der Waals surface area contributed by atoms with Crippen LogP contribution in [0.5, 0.6) is 0 Å². The molecule has 2 heteroatoms. The molecule has 51 valence electrons. The van der Waals surface area contributed by atoms with Crippen molar-refractivity contribution >= 4 is 5.97 Å². The van der Waals surface area contributed by atoms with Crippen molar-refractivity contribution in [1.29, 1.82) is 0 Å². The molecule has 1 N–H and O–H groups in total. The molecule has 0 amide bonds. The molecule has 0 bridgehead atoms. The van der Waals surface area contributed by atoms with Crippen LogP contribution in [0.1, 0.15) is 19.8 Å². The van der Waals surface area contributed by atoms with Gasteiger partial charge in [0.25, 0.3) is 0 Å². The van der Waals surface area contributed by atoms with Crippen molar-refractivity contribution in [3.05, 3.63) is 18.6 Å². The Bertz CT molecular complexity index is 125. The third-order valence-corrected chi connectivity index (χ3v) is 1.05. The molecule has 0 saturated carbocycles. The van der Waals surface area contributed by atoms with Crippen LogP contribution < -0.4 is 0 Å². The first-order chi connectivity index (χ1) is 4.22. The van der Waals surface area contributed by atoms with Gasteiger partial charge in [-0.3, -0.25) is 0 Å². The molecule has 0 rings (SSSR count). The van der Waals surface area contributed by atoms with Crippen LogP contribution in [-0.2, 0) is 4.79 Å². The normalized spacial score (nSPS) is 11.6. The topological polar surface area (TPSA) is 37.3 Å². The number of carbonyl (C=O) groups is 1. The van der Waals surface area contributed by atoms with E-state index in [4.69, 9.17) is 5.11 Å². The van der Waals surface area contributed by atoms with Crippen molar-refractivity contribution in [2.24, 2.45) is 0 Å². The summed E-state index contributed by atoms with van der Waals surface area (Å²) in [6.45, 7) is 5.33. The quantitative estimate of drug-likeness (QED) is 0.585. The molecular formula is C7H11O2. The minimum absolute atomic E-state index is 0.449. The van der Waals surface area contributed by atoms with Gasteiger partial charge in [-0.15, -0.1) is 0 Å². The molecule has 0 aromatic rings. The molecule has 0 aliphatic rings. The Balaban J connectivity index is 3.98. The van der Waals surface area contributed by atoms with Crippen LogP contribution in [0.2, 0.25) is 0 Å². The molecule has 0 atom stereocenters. The highest BCUT2D eigenvalue weighted by atomic mass is 16.4. The summed E-state index contributed by atoms with van der Waals surface area (Å²) in [7, 11) is 0. The predicted octanol–water partition coefficient (Wildman–Crippen LogP) is 1.63. The first-order valence-electron chi connectivity index (χ1n) is 2.94. The van der Waals surface area contributed by atoms with Crippen molar-refractivity contribution in [3.63, 3.8) is 0 Å². The van der Waals surface area contributed by atoms with E-state index in [0.29, 0.717) is 18.4 Å². The molecule has 0 unspecified atom stereocenters. The summed E-state index contributed by atoms with van der Waals surface area (Å²) in [5.74, 6) is -0.832. The zero-order chi connectivity index (χ0) is 7.28. The lowest BCUT2D eigenvalue weighted by atomic mass is 10.2. The van der Waals surface area contributed by atoms with Crippen LogP contribution in [-0.4, -0.2) is 11.1 Å². The molecule has 0 heterocycles. The Labute approximate surface area is 55.2 Å². The number of carboxylic acid groups (broad SMARTS) is 1. The Morgan fingerprint density at radius 2 is 2.33 bits per heavy atom. The van der Waals surface area contributed by atoms with Crippen LogP contribution >= 0.6 is 0 Å². The van der Waals surface area contributed by atoms with Gasteiger partial charge < -0.3 is 5.11 Å². The van der Waals surface area contributed by atoms with E-state index in [-0.39, 0.29) is 0 Å². The minimum atomic E-state index is -0.832. The zero-order valence-corrected chi connectivity index (χ0v) is 5.55. The summed E-state index contributed by atoms with van der Waals surface area (Å²) >= 11 is 0. The van der Waals surface area contributed by atoms with Crippen molar-refractivity contribution in [3.8, 4) is 0 Å². The molecule has 0 aliphatic heterocycles. The number of hydrogen-bond acceptors (Lipinski definition) is 1. The van der Waals surface area contributed by atoms with Gasteiger partial charge in [-0.2, -0.15) is 0 Å². The van der Waals surface area contributed by atoms with Gasteiger partial charge in [-0.1, -0.05) is 13.0 Å². The highest BCUT2D eigenvalue weighted by Gasteiger charge is 2.00. The third-order valence-electron chi connectivity index (χ3n) is 1.05. The second kappa shape index (κ2) is 4.13. The predicted molar refractivity (Wildman–Crippen MR) is 36.0 cm³/mol. The molecular weight excluding hydrogens is 116 g/mol.